The average Bonchev–Trinajstić information content (AvgIpc) is 3.24. The Balaban J connectivity index is 1.51. The van der Waals surface area contributed by atoms with E-state index < -0.39 is 11.7 Å². The maximum absolute atomic E-state index is 12.6. The first-order valence-electron chi connectivity index (χ1n) is 8.86. The van der Waals surface area contributed by atoms with Crippen molar-refractivity contribution in [1.29, 1.82) is 0 Å². The minimum atomic E-state index is -4.33. The number of hydrogen-bond acceptors (Lipinski definition) is 2. The van der Waals surface area contributed by atoms with Crippen LogP contribution < -0.4 is 5.32 Å². The normalized spacial score (nSPS) is 21.7. The van der Waals surface area contributed by atoms with E-state index >= 15 is 0 Å². The lowest BCUT2D eigenvalue weighted by atomic mass is 10.1. The highest BCUT2D eigenvalue weighted by Gasteiger charge is 2.31. The van der Waals surface area contributed by atoms with Gasteiger partial charge in [-0.15, -0.1) is 0 Å². The summed E-state index contributed by atoms with van der Waals surface area (Å²) in [4.78, 5) is 16.7. The van der Waals surface area contributed by atoms with E-state index in [1.165, 1.54) is 25.0 Å². The van der Waals surface area contributed by atoms with Crippen LogP contribution in [-0.2, 0) is 12.7 Å². The fourth-order valence-corrected chi connectivity index (χ4v) is 3.65. The van der Waals surface area contributed by atoms with Crippen molar-refractivity contribution >= 4 is 6.03 Å². The molecule has 7 heteroatoms. The highest BCUT2D eigenvalue weighted by atomic mass is 19.4. The van der Waals surface area contributed by atoms with Gasteiger partial charge in [0.05, 0.1) is 5.56 Å². The molecule has 0 aliphatic carbocycles. The van der Waals surface area contributed by atoms with Crippen molar-refractivity contribution in [3.05, 3.63) is 35.4 Å². The number of hydrogen-bond donors (Lipinski definition) is 1. The van der Waals surface area contributed by atoms with Crippen LogP contribution in [0.3, 0.4) is 0 Å². The summed E-state index contributed by atoms with van der Waals surface area (Å²) in [5, 5.41) is 2.84. The van der Waals surface area contributed by atoms with Gasteiger partial charge in [0.25, 0.3) is 0 Å². The van der Waals surface area contributed by atoms with Gasteiger partial charge in [-0.05, 0) is 56.5 Å². The number of nitrogens with zero attached hydrogens (tertiary/aromatic N) is 2. The lowest BCUT2D eigenvalue weighted by Crippen LogP contribution is -2.46. The van der Waals surface area contributed by atoms with Crippen LogP contribution in [0.2, 0.25) is 0 Å². The van der Waals surface area contributed by atoms with Crippen molar-refractivity contribution in [2.75, 3.05) is 26.2 Å². The number of carbonyl (C=O) groups is 1. The first kappa shape index (κ1) is 18.0. The quantitative estimate of drug-likeness (QED) is 0.898. The van der Waals surface area contributed by atoms with Gasteiger partial charge in [0.2, 0.25) is 0 Å². The highest BCUT2D eigenvalue weighted by Crippen LogP contribution is 2.29. The van der Waals surface area contributed by atoms with Crippen LogP contribution in [0, 0.1) is 0 Å². The Bertz CT molecular complexity index is 582. The van der Waals surface area contributed by atoms with E-state index in [0.29, 0.717) is 5.56 Å². The Hall–Kier alpha value is -1.76. The average molecular weight is 355 g/mol. The Morgan fingerprint density at radius 1 is 1.08 bits per heavy atom. The number of benzene rings is 1. The molecule has 1 N–H and O–H groups in total. The van der Waals surface area contributed by atoms with Crippen LogP contribution in [0.25, 0.3) is 0 Å². The van der Waals surface area contributed by atoms with Gasteiger partial charge < -0.3 is 15.1 Å². The van der Waals surface area contributed by atoms with Crippen LogP contribution >= 0.6 is 0 Å². The van der Waals surface area contributed by atoms with Gasteiger partial charge in [-0.3, -0.25) is 0 Å². The number of nitrogens with one attached hydrogen (secondary N) is 1. The molecule has 25 heavy (non-hydrogen) atoms. The first-order valence-corrected chi connectivity index (χ1v) is 8.86. The minimum Gasteiger partial charge on any atom is -0.334 e. The molecule has 2 fully saturated rings. The van der Waals surface area contributed by atoms with E-state index in [4.69, 9.17) is 0 Å². The highest BCUT2D eigenvalue weighted by molar-refractivity contribution is 5.74. The van der Waals surface area contributed by atoms with Crippen molar-refractivity contribution in [1.82, 2.24) is 15.1 Å². The van der Waals surface area contributed by atoms with Gasteiger partial charge >= 0.3 is 12.2 Å². The van der Waals surface area contributed by atoms with Gasteiger partial charge in [0, 0.05) is 25.7 Å². The van der Waals surface area contributed by atoms with Gasteiger partial charge in [-0.2, -0.15) is 13.2 Å². The molecule has 1 atom stereocenters. The zero-order chi connectivity index (χ0) is 17.9. The second-order valence-corrected chi connectivity index (χ2v) is 6.85. The second-order valence-electron chi connectivity index (χ2n) is 6.85. The number of rotatable bonds is 4. The predicted octanol–water partition coefficient (Wildman–Crippen LogP) is 3.48. The Kier molecular flexibility index (Phi) is 5.51. The maximum Gasteiger partial charge on any atom is 0.416 e. The Morgan fingerprint density at radius 2 is 1.76 bits per heavy atom. The molecule has 2 saturated heterocycles. The van der Waals surface area contributed by atoms with Crippen molar-refractivity contribution in [2.45, 2.75) is 44.4 Å². The third-order valence-electron chi connectivity index (χ3n) is 5.03. The van der Waals surface area contributed by atoms with Gasteiger partial charge in [0.1, 0.15) is 0 Å². The van der Waals surface area contributed by atoms with E-state index in [-0.39, 0.29) is 18.6 Å². The summed E-state index contributed by atoms with van der Waals surface area (Å²) < 4.78 is 37.7. The smallest absolute Gasteiger partial charge is 0.334 e. The van der Waals surface area contributed by atoms with Crippen LogP contribution in [0.1, 0.15) is 36.8 Å². The van der Waals surface area contributed by atoms with Crippen molar-refractivity contribution in [3.8, 4) is 0 Å². The van der Waals surface area contributed by atoms with E-state index in [1.54, 1.807) is 0 Å². The fourth-order valence-electron chi connectivity index (χ4n) is 3.65. The third-order valence-corrected chi connectivity index (χ3v) is 5.03. The largest absolute Gasteiger partial charge is 0.416 e. The molecule has 0 spiro atoms. The second kappa shape index (κ2) is 7.64. The molecule has 138 valence electrons. The molecule has 2 heterocycles. The molecule has 4 nitrogen and oxygen atoms in total. The molecule has 0 bridgehead atoms. The molecular formula is C18H24F3N3O. The molecule has 2 amide bonds. The lowest BCUT2D eigenvalue weighted by molar-refractivity contribution is -0.137. The summed E-state index contributed by atoms with van der Waals surface area (Å²) in [7, 11) is 0. The van der Waals surface area contributed by atoms with Crippen molar-refractivity contribution in [2.24, 2.45) is 0 Å². The Morgan fingerprint density at radius 3 is 2.40 bits per heavy atom. The van der Waals surface area contributed by atoms with Crippen LogP contribution in [0.4, 0.5) is 18.0 Å². The van der Waals surface area contributed by atoms with Crippen LogP contribution in [-0.4, -0.2) is 48.1 Å². The monoisotopic (exact) mass is 355 g/mol. The molecule has 2 aliphatic rings. The molecule has 2 aliphatic heterocycles. The van der Waals surface area contributed by atoms with E-state index in [0.717, 1.165) is 51.2 Å². The lowest BCUT2D eigenvalue weighted by Gasteiger charge is -2.28. The van der Waals surface area contributed by atoms with Crippen LogP contribution in [0.5, 0.6) is 0 Å². The van der Waals surface area contributed by atoms with Gasteiger partial charge in [0.15, 0.2) is 0 Å². The molecular weight excluding hydrogens is 331 g/mol. The van der Waals surface area contributed by atoms with E-state index in [9.17, 15) is 18.0 Å². The van der Waals surface area contributed by atoms with Crippen molar-refractivity contribution < 1.29 is 18.0 Å². The van der Waals surface area contributed by atoms with Gasteiger partial charge in [-0.1, -0.05) is 12.1 Å². The number of likely N-dealkylation sites (tertiary alicyclic amines) is 2. The Labute approximate surface area is 146 Å². The number of carbonyl (C=O) groups excluding carboxylic acids is 1. The van der Waals surface area contributed by atoms with Crippen molar-refractivity contribution in [3.63, 3.8) is 0 Å². The molecule has 1 aromatic carbocycles. The summed E-state index contributed by atoms with van der Waals surface area (Å²) in [6, 6.07) is 5.04. The first-order chi connectivity index (χ1) is 11.9. The molecule has 0 radical (unpaired) electrons. The fraction of sp³-hybridized carbons (Fsp3) is 0.611. The van der Waals surface area contributed by atoms with Gasteiger partial charge in [-0.25, -0.2) is 4.79 Å². The van der Waals surface area contributed by atoms with E-state index in [2.05, 4.69) is 10.2 Å². The maximum atomic E-state index is 12.6. The number of alkyl halides is 3. The number of urea groups is 1. The summed E-state index contributed by atoms with van der Waals surface area (Å²) in [6.45, 7) is 4.13. The molecule has 0 saturated carbocycles. The van der Waals surface area contributed by atoms with E-state index in [1.807, 2.05) is 4.90 Å². The number of amides is 2. The summed E-state index contributed by atoms with van der Waals surface area (Å²) in [5.41, 5.74) is -0.00978. The summed E-state index contributed by atoms with van der Waals surface area (Å²) >= 11 is 0. The molecule has 1 aromatic rings. The summed E-state index contributed by atoms with van der Waals surface area (Å²) in [5.74, 6) is 0. The minimum absolute atomic E-state index is 0.124. The SMILES string of the molecule is O=C(NCc1ccc(C(F)(F)F)cc1)N1CCC[C@H]1CN1CCCC1. The zero-order valence-corrected chi connectivity index (χ0v) is 14.2. The number of halogens is 3. The topological polar surface area (TPSA) is 35.6 Å². The van der Waals surface area contributed by atoms with Crippen LogP contribution in [0.15, 0.2) is 24.3 Å². The third kappa shape index (κ3) is 4.66. The molecule has 0 aromatic heterocycles. The standard InChI is InChI=1S/C18H24F3N3O/c19-18(20,21)15-7-5-14(6-8-15)12-22-17(25)24-11-3-4-16(24)13-23-9-1-2-10-23/h5-8,16H,1-4,9-13H2,(H,22,25)/t16-/m0/s1. The zero-order valence-electron chi connectivity index (χ0n) is 14.2. The molecule has 3 rings (SSSR count). The summed E-state index contributed by atoms with van der Waals surface area (Å²) in [6.07, 6.45) is 0.149. The predicted molar refractivity (Wildman–Crippen MR) is 89.1 cm³/mol. The molecule has 0 unspecified atom stereocenters.